The molecule has 1 fully saturated rings. The molecule has 1 aliphatic rings. The van der Waals surface area contributed by atoms with Crippen LogP contribution in [0, 0.1) is 27.7 Å². The van der Waals surface area contributed by atoms with Gasteiger partial charge in [-0.2, -0.15) is 0 Å². The van der Waals surface area contributed by atoms with Crippen molar-refractivity contribution in [1.29, 1.82) is 0 Å². The Kier molecular flexibility index (Phi) is 6.80. The minimum Gasteiger partial charge on any atom is -0.352 e. The molecule has 188 valence electrons. The van der Waals surface area contributed by atoms with Gasteiger partial charge in [-0.05, 0) is 93.0 Å². The van der Waals surface area contributed by atoms with Gasteiger partial charge in [-0.1, -0.05) is 36.4 Å². The highest BCUT2D eigenvalue weighted by molar-refractivity contribution is 7.80. The smallest absolute Gasteiger partial charge is 0.244 e. The van der Waals surface area contributed by atoms with Crippen LogP contribution in [0.3, 0.4) is 0 Å². The number of aryl methyl sites for hydroxylation is 3. The Morgan fingerprint density at radius 1 is 1.00 bits per heavy atom. The average Bonchev–Trinajstić information content (AvgIpc) is 3.36. The molecule has 3 heterocycles. The summed E-state index contributed by atoms with van der Waals surface area (Å²) in [5.74, 6) is -0.120. The Labute approximate surface area is 223 Å². The predicted molar refractivity (Wildman–Crippen MR) is 152 cm³/mol. The lowest BCUT2D eigenvalue weighted by atomic mass is 9.96. The molecule has 1 saturated heterocycles. The van der Waals surface area contributed by atoms with E-state index < -0.39 is 0 Å². The van der Waals surface area contributed by atoms with E-state index in [4.69, 9.17) is 12.2 Å². The summed E-state index contributed by atoms with van der Waals surface area (Å²) in [5.41, 5.74) is 8.60. The lowest BCUT2D eigenvalue weighted by molar-refractivity contribution is -0.116. The van der Waals surface area contributed by atoms with E-state index >= 15 is 0 Å². The third kappa shape index (κ3) is 4.87. The van der Waals surface area contributed by atoms with E-state index in [1.807, 2.05) is 53.4 Å². The topological polar surface area (TPSA) is 62.2 Å². The number of aromatic nitrogens is 2. The molecule has 2 atom stereocenters. The van der Waals surface area contributed by atoms with E-state index in [0.29, 0.717) is 5.11 Å². The fourth-order valence-corrected chi connectivity index (χ4v) is 5.51. The zero-order valence-corrected chi connectivity index (χ0v) is 22.3. The molecule has 0 radical (unpaired) electrons. The predicted octanol–water partition coefficient (Wildman–Crippen LogP) is 5.72. The number of carbonyl (C=O) groups is 1. The number of hydrogen-bond acceptors (Lipinski definition) is 3. The number of nitrogens with one attached hydrogen (secondary N) is 2. The highest BCUT2D eigenvalue weighted by Crippen LogP contribution is 2.41. The van der Waals surface area contributed by atoms with Crippen LogP contribution in [0.5, 0.6) is 0 Å². The summed E-state index contributed by atoms with van der Waals surface area (Å²) in [6.45, 7) is 8.64. The van der Waals surface area contributed by atoms with Gasteiger partial charge in [0.1, 0.15) is 6.54 Å². The number of anilines is 1. The number of carbonyl (C=O) groups excluding carboxylic acids is 1. The molecule has 2 N–H and O–H groups in total. The first-order valence-corrected chi connectivity index (χ1v) is 12.8. The van der Waals surface area contributed by atoms with Crippen LogP contribution < -0.4 is 10.6 Å². The molecule has 7 heteroatoms. The maximum atomic E-state index is 13.1. The van der Waals surface area contributed by atoms with Gasteiger partial charge in [-0.15, -0.1) is 0 Å². The van der Waals surface area contributed by atoms with Crippen LogP contribution in [0.1, 0.15) is 45.9 Å². The molecular weight excluding hydrogens is 478 g/mol. The standard InChI is InChI=1S/C30H31N5OS/c1-19-13-14-20(2)26(16-19)35-21(3)17-24(22(35)4)29-28(25-12-8-9-15-31-25)33-30(37)34(29)18-27(36)32-23-10-6-5-7-11-23/h5-17,28-29H,18H2,1-4H3,(H,32,36)(H,33,37)/t28-,29-/m0/s1. The van der Waals surface area contributed by atoms with Gasteiger partial charge >= 0.3 is 0 Å². The highest BCUT2D eigenvalue weighted by atomic mass is 32.1. The van der Waals surface area contributed by atoms with Gasteiger partial charge in [0.2, 0.25) is 5.91 Å². The zero-order chi connectivity index (χ0) is 26.1. The summed E-state index contributed by atoms with van der Waals surface area (Å²) in [5, 5.41) is 7.00. The van der Waals surface area contributed by atoms with Gasteiger partial charge in [-0.25, -0.2) is 0 Å². The molecule has 0 bridgehead atoms. The van der Waals surface area contributed by atoms with Crippen molar-refractivity contribution in [1.82, 2.24) is 19.8 Å². The quantitative estimate of drug-likeness (QED) is 0.326. The number of hydrogen-bond donors (Lipinski definition) is 2. The van der Waals surface area contributed by atoms with E-state index in [1.165, 1.54) is 11.1 Å². The lowest BCUT2D eigenvalue weighted by Crippen LogP contribution is -2.37. The number of thiocarbonyl (C=S) groups is 1. The molecule has 0 aliphatic carbocycles. The van der Waals surface area contributed by atoms with E-state index in [0.717, 1.165) is 34.0 Å². The number of rotatable bonds is 6. The second kappa shape index (κ2) is 10.2. The van der Waals surface area contributed by atoms with Gasteiger partial charge in [0.15, 0.2) is 5.11 Å². The molecule has 1 aliphatic heterocycles. The Balaban J connectivity index is 1.56. The molecule has 0 saturated carbocycles. The second-order valence-electron chi connectivity index (χ2n) is 9.62. The number of nitrogens with zero attached hydrogens (tertiary/aromatic N) is 3. The number of benzene rings is 2. The van der Waals surface area contributed by atoms with Crippen molar-refractivity contribution in [3.63, 3.8) is 0 Å². The second-order valence-corrected chi connectivity index (χ2v) is 10.0. The number of para-hydroxylation sites is 1. The van der Waals surface area contributed by atoms with Gasteiger partial charge < -0.3 is 20.1 Å². The van der Waals surface area contributed by atoms with Crippen LogP contribution in [-0.2, 0) is 4.79 Å². The first-order valence-electron chi connectivity index (χ1n) is 12.4. The van der Waals surface area contributed by atoms with Crippen molar-refractivity contribution < 1.29 is 4.79 Å². The maximum Gasteiger partial charge on any atom is 0.244 e. The van der Waals surface area contributed by atoms with Crippen LogP contribution in [0.15, 0.2) is 79.0 Å². The van der Waals surface area contributed by atoms with Crippen LogP contribution in [0.2, 0.25) is 0 Å². The van der Waals surface area contributed by atoms with Crippen molar-refractivity contribution >= 4 is 28.9 Å². The van der Waals surface area contributed by atoms with Crippen molar-refractivity contribution in [3.05, 3.63) is 113 Å². The van der Waals surface area contributed by atoms with Gasteiger partial charge in [0, 0.05) is 29.0 Å². The van der Waals surface area contributed by atoms with Crippen molar-refractivity contribution in [2.75, 3.05) is 11.9 Å². The Morgan fingerprint density at radius 2 is 1.76 bits per heavy atom. The van der Waals surface area contributed by atoms with Crippen LogP contribution in [0.25, 0.3) is 5.69 Å². The van der Waals surface area contributed by atoms with Crippen molar-refractivity contribution in [2.24, 2.45) is 0 Å². The van der Waals surface area contributed by atoms with E-state index in [2.05, 4.69) is 72.1 Å². The molecule has 37 heavy (non-hydrogen) atoms. The van der Waals surface area contributed by atoms with Crippen LogP contribution in [-0.4, -0.2) is 32.0 Å². The molecule has 2 aromatic heterocycles. The molecule has 5 rings (SSSR count). The highest BCUT2D eigenvalue weighted by Gasteiger charge is 2.42. The van der Waals surface area contributed by atoms with E-state index in [1.54, 1.807) is 6.20 Å². The average molecular weight is 510 g/mol. The third-order valence-corrected chi connectivity index (χ3v) is 7.32. The van der Waals surface area contributed by atoms with Gasteiger partial charge in [0.05, 0.1) is 17.8 Å². The molecular formula is C30H31N5OS. The fourth-order valence-electron chi connectivity index (χ4n) is 5.21. The molecule has 2 aromatic carbocycles. The Bertz CT molecular complexity index is 1450. The van der Waals surface area contributed by atoms with E-state index in [-0.39, 0.29) is 24.5 Å². The lowest BCUT2D eigenvalue weighted by Gasteiger charge is -2.27. The van der Waals surface area contributed by atoms with Crippen molar-refractivity contribution in [2.45, 2.75) is 39.8 Å². The van der Waals surface area contributed by atoms with E-state index in [9.17, 15) is 4.79 Å². The minimum atomic E-state index is -0.200. The Morgan fingerprint density at radius 3 is 2.49 bits per heavy atom. The van der Waals surface area contributed by atoms with Gasteiger partial charge in [0.25, 0.3) is 0 Å². The fraction of sp³-hybridized carbons (Fsp3) is 0.233. The van der Waals surface area contributed by atoms with Gasteiger partial charge in [-0.3, -0.25) is 9.78 Å². The molecule has 0 unspecified atom stereocenters. The Hall–Kier alpha value is -3.97. The minimum absolute atomic E-state index is 0.120. The van der Waals surface area contributed by atoms with Crippen LogP contribution in [0.4, 0.5) is 5.69 Å². The summed E-state index contributed by atoms with van der Waals surface area (Å²) >= 11 is 5.79. The normalized spacial score (nSPS) is 17.1. The maximum absolute atomic E-state index is 13.1. The first kappa shape index (κ1) is 24.7. The largest absolute Gasteiger partial charge is 0.352 e. The van der Waals surface area contributed by atoms with Crippen LogP contribution >= 0.6 is 12.2 Å². The SMILES string of the molecule is Cc1ccc(C)c(-n2c(C)cc([C@H]3[C@H](c4ccccn4)NC(=S)N3CC(=O)Nc3ccccc3)c2C)c1. The number of pyridine rings is 1. The third-order valence-electron chi connectivity index (χ3n) is 6.96. The summed E-state index contributed by atoms with van der Waals surface area (Å²) in [6.07, 6.45) is 1.79. The zero-order valence-electron chi connectivity index (χ0n) is 21.5. The monoisotopic (exact) mass is 509 g/mol. The summed E-state index contributed by atoms with van der Waals surface area (Å²) in [6, 6.07) is 23.7. The molecule has 0 spiro atoms. The molecule has 6 nitrogen and oxygen atoms in total. The molecule has 4 aromatic rings. The van der Waals surface area contributed by atoms with Crippen molar-refractivity contribution in [3.8, 4) is 5.69 Å². The molecule has 1 amide bonds. The summed E-state index contributed by atoms with van der Waals surface area (Å²) in [4.78, 5) is 19.8. The summed E-state index contributed by atoms with van der Waals surface area (Å²) in [7, 11) is 0. The summed E-state index contributed by atoms with van der Waals surface area (Å²) < 4.78 is 2.30. The first-order chi connectivity index (χ1) is 17.8. The number of amides is 1.